The Balaban J connectivity index is 1.91. The van der Waals surface area contributed by atoms with Gasteiger partial charge in [0, 0.05) is 12.1 Å². The molecule has 0 radical (unpaired) electrons. The van der Waals surface area contributed by atoms with E-state index in [0.29, 0.717) is 18.0 Å². The van der Waals surface area contributed by atoms with Crippen LogP contribution in [0, 0.1) is 0 Å². The first-order valence-corrected chi connectivity index (χ1v) is 8.95. The summed E-state index contributed by atoms with van der Waals surface area (Å²) < 4.78 is 16.7. The first-order chi connectivity index (χ1) is 13.0. The third-order valence-electron chi connectivity index (χ3n) is 3.78. The third kappa shape index (κ3) is 6.37. The minimum Gasteiger partial charge on any atom is -0.493 e. The minimum atomic E-state index is -0.216. The lowest BCUT2D eigenvalue weighted by Gasteiger charge is -2.15. The summed E-state index contributed by atoms with van der Waals surface area (Å²) in [5.74, 6) is 1.68. The number of para-hydroxylation sites is 1. The summed E-state index contributed by atoms with van der Waals surface area (Å²) in [5.41, 5.74) is 1.99. The first-order valence-electron chi connectivity index (χ1n) is 8.95. The molecule has 0 saturated carbocycles. The topological polar surface area (TPSA) is 56.8 Å². The van der Waals surface area contributed by atoms with Gasteiger partial charge in [0.1, 0.15) is 5.75 Å². The average molecular weight is 369 g/mol. The van der Waals surface area contributed by atoms with Crippen LogP contribution in [0.5, 0.6) is 17.2 Å². The van der Waals surface area contributed by atoms with Gasteiger partial charge in [0.25, 0.3) is 5.91 Å². The lowest BCUT2D eigenvalue weighted by atomic mass is 10.1. The molecule has 144 valence electrons. The molecule has 2 rings (SSSR count). The Bertz CT molecular complexity index is 771. The highest BCUT2D eigenvalue weighted by Crippen LogP contribution is 2.28. The van der Waals surface area contributed by atoms with Gasteiger partial charge < -0.3 is 19.5 Å². The zero-order chi connectivity index (χ0) is 19.6. The molecule has 0 aliphatic rings. The maximum atomic E-state index is 12.2. The van der Waals surface area contributed by atoms with Gasteiger partial charge in [0.05, 0.1) is 13.2 Å². The Morgan fingerprint density at radius 3 is 2.63 bits per heavy atom. The molecule has 0 heterocycles. The van der Waals surface area contributed by atoms with E-state index in [1.807, 2.05) is 56.3 Å². The molecular formula is C22H27NO4. The predicted octanol–water partition coefficient (Wildman–Crippen LogP) is 3.91. The van der Waals surface area contributed by atoms with Crippen LogP contribution in [0.2, 0.25) is 0 Å². The van der Waals surface area contributed by atoms with Crippen LogP contribution in [0.4, 0.5) is 0 Å². The Morgan fingerprint density at radius 1 is 1.15 bits per heavy atom. The second-order valence-corrected chi connectivity index (χ2v) is 6.32. The van der Waals surface area contributed by atoms with Gasteiger partial charge in [-0.05, 0) is 44.0 Å². The number of carbonyl (C=O) groups excluding carboxylic acids is 1. The molecule has 0 unspecified atom stereocenters. The number of benzene rings is 2. The van der Waals surface area contributed by atoms with Crippen LogP contribution in [0.25, 0.3) is 0 Å². The monoisotopic (exact) mass is 369 g/mol. The van der Waals surface area contributed by atoms with E-state index in [1.165, 1.54) is 0 Å². The molecule has 27 heavy (non-hydrogen) atoms. The van der Waals surface area contributed by atoms with Gasteiger partial charge in [-0.1, -0.05) is 30.3 Å². The zero-order valence-electron chi connectivity index (χ0n) is 16.2. The summed E-state index contributed by atoms with van der Waals surface area (Å²) in [5, 5.41) is 2.85. The maximum absolute atomic E-state index is 12.2. The summed E-state index contributed by atoms with van der Waals surface area (Å²) in [6.45, 7) is 7.95. The molecular weight excluding hydrogens is 342 g/mol. The molecule has 0 spiro atoms. The van der Waals surface area contributed by atoms with Crippen LogP contribution in [0.1, 0.15) is 25.0 Å². The van der Waals surface area contributed by atoms with Crippen LogP contribution >= 0.6 is 0 Å². The SMILES string of the molecule is C=CCc1ccc(OCC(=O)NCc2ccccc2OC(C)C)c(OC)c1. The molecule has 0 aliphatic carbocycles. The van der Waals surface area contributed by atoms with Crippen LogP contribution in [0.3, 0.4) is 0 Å². The molecule has 0 fully saturated rings. The molecule has 0 saturated heterocycles. The number of ether oxygens (including phenoxy) is 3. The smallest absolute Gasteiger partial charge is 0.258 e. The molecule has 2 aromatic rings. The van der Waals surface area contributed by atoms with Crippen LogP contribution in [0.15, 0.2) is 55.1 Å². The second-order valence-electron chi connectivity index (χ2n) is 6.32. The number of methoxy groups -OCH3 is 1. The Labute approximate surface area is 161 Å². The fourth-order valence-electron chi connectivity index (χ4n) is 2.53. The average Bonchev–Trinajstić information content (AvgIpc) is 2.66. The lowest BCUT2D eigenvalue weighted by molar-refractivity contribution is -0.123. The van der Waals surface area contributed by atoms with Crippen molar-refractivity contribution in [2.45, 2.75) is 32.9 Å². The fraction of sp³-hybridized carbons (Fsp3) is 0.318. The molecule has 1 amide bonds. The zero-order valence-corrected chi connectivity index (χ0v) is 16.2. The summed E-state index contributed by atoms with van der Waals surface area (Å²) in [6.07, 6.45) is 2.64. The van der Waals surface area contributed by atoms with E-state index in [9.17, 15) is 4.79 Å². The molecule has 0 bridgehead atoms. The number of hydrogen-bond acceptors (Lipinski definition) is 4. The Kier molecular flexibility index (Phi) is 7.74. The maximum Gasteiger partial charge on any atom is 0.258 e. The van der Waals surface area contributed by atoms with E-state index in [-0.39, 0.29) is 18.6 Å². The van der Waals surface area contributed by atoms with Gasteiger partial charge >= 0.3 is 0 Å². The highest BCUT2D eigenvalue weighted by Gasteiger charge is 2.10. The standard InChI is InChI=1S/C22H27NO4/c1-5-8-17-11-12-20(21(13-17)25-4)26-15-22(24)23-14-18-9-6-7-10-19(18)27-16(2)3/h5-7,9-13,16H,1,8,14-15H2,2-4H3,(H,23,24). The molecule has 5 nitrogen and oxygen atoms in total. The van der Waals surface area contributed by atoms with Gasteiger partial charge in [-0.2, -0.15) is 0 Å². The third-order valence-corrected chi connectivity index (χ3v) is 3.78. The number of rotatable bonds is 10. The van der Waals surface area contributed by atoms with Crippen molar-refractivity contribution < 1.29 is 19.0 Å². The van der Waals surface area contributed by atoms with Gasteiger partial charge in [-0.25, -0.2) is 0 Å². The number of carbonyl (C=O) groups is 1. The fourth-order valence-corrected chi connectivity index (χ4v) is 2.53. The van der Waals surface area contributed by atoms with E-state index >= 15 is 0 Å². The normalized spacial score (nSPS) is 10.4. The van der Waals surface area contributed by atoms with Crippen molar-refractivity contribution in [1.29, 1.82) is 0 Å². The predicted molar refractivity (Wildman–Crippen MR) is 106 cm³/mol. The first kappa shape index (κ1) is 20.4. The number of hydrogen-bond donors (Lipinski definition) is 1. The van der Waals surface area contributed by atoms with Crippen LogP contribution < -0.4 is 19.5 Å². The van der Waals surface area contributed by atoms with Gasteiger partial charge in [-0.15, -0.1) is 6.58 Å². The van der Waals surface area contributed by atoms with Crippen molar-refractivity contribution in [2.24, 2.45) is 0 Å². The molecule has 0 aliphatic heterocycles. The number of nitrogens with one attached hydrogen (secondary N) is 1. The minimum absolute atomic E-state index is 0.0710. The van der Waals surface area contributed by atoms with Crippen molar-refractivity contribution >= 4 is 5.91 Å². The highest BCUT2D eigenvalue weighted by molar-refractivity contribution is 5.77. The van der Waals surface area contributed by atoms with Crippen molar-refractivity contribution in [2.75, 3.05) is 13.7 Å². The van der Waals surface area contributed by atoms with Crippen molar-refractivity contribution in [3.63, 3.8) is 0 Å². The lowest BCUT2D eigenvalue weighted by Crippen LogP contribution is -2.28. The van der Waals surface area contributed by atoms with Crippen molar-refractivity contribution in [3.05, 3.63) is 66.2 Å². The summed E-state index contributed by atoms with van der Waals surface area (Å²) in [7, 11) is 1.58. The summed E-state index contributed by atoms with van der Waals surface area (Å²) in [6, 6.07) is 13.3. The molecule has 0 aromatic heterocycles. The van der Waals surface area contributed by atoms with E-state index in [4.69, 9.17) is 14.2 Å². The van der Waals surface area contributed by atoms with E-state index in [2.05, 4.69) is 11.9 Å². The largest absolute Gasteiger partial charge is 0.493 e. The van der Waals surface area contributed by atoms with Crippen molar-refractivity contribution in [1.82, 2.24) is 5.32 Å². The molecule has 0 atom stereocenters. The number of amides is 1. The molecule has 5 heteroatoms. The van der Waals surface area contributed by atoms with E-state index in [0.717, 1.165) is 23.3 Å². The second kappa shape index (κ2) is 10.3. The van der Waals surface area contributed by atoms with E-state index < -0.39 is 0 Å². The highest BCUT2D eigenvalue weighted by atomic mass is 16.5. The van der Waals surface area contributed by atoms with Crippen LogP contribution in [-0.4, -0.2) is 25.7 Å². The van der Waals surface area contributed by atoms with Crippen molar-refractivity contribution in [3.8, 4) is 17.2 Å². The van der Waals surface area contributed by atoms with Gasteiger partial charge in [0.2, 0.25) is 0 Å². The summed E-state index contributed by atoms with van der Waals surface area (Å²) >= 11 is 0. The van der Waals surface area contributed by atoms with Gasteiger partial charge in [-0.3, -0.25) is 4.79 Å². The number of allylic oxidation sites excluding steroid dienone is 1. The van der Waals surface area contributed by atoms with Crippen LogP contribution in [-0.2, 0) is 17.8 Å². The quantitative estimate of drug-likeness (QED) is 0.645. The van der Waals surface area contributed by atoms with Gasteiger partial charge in [0.15, 0.2) is 18.1 Å². The summed E-state index contributed by atoms with van der Waals surface area (Å²) in [4.78, 5) is 12.2. The Morgan fingerprint density at radius 2 is 1.93 bits per heavy atom. The molecule has 2 aromatic carbocycles. The Hall–Kier alpha value is -2.95. The van der Waals surface area contributed by atoms with E-state index in [1.54, 1.807) is 13.2 Å². The molecule has 1 N–H and O–H groups in total.